The summed E-state index contributed by atoms with van der Waals surface area (Å²) in [7, 11) is 0. The molecular formula is C21H19ClN6O2. The van der Waals surface area contributed by atoms with Gasteiger partial charge in [-0.15, -0.1) is 5.10 Å². The highest BCUT2D eigenvalue weighted by Gasteiger charge is 2.15. The molecule has 0 atom stereocenters. The second kappa shape index (κ2) is 8.08. The van der Waals surface area contributed by atoms with E-state index in [1.165, 1.54) is 15.6 Å². The number of carbonyl (C=O) groups is 1. The molecule has 0 bridgehead atoms. The molecule has 0 aliphatic heterocycles. The van der Waals surface area contributed by atoms with Gasteiger partial charge in [0.2, 0.25) is 5.91 Å². The summed E-state index contributed by atoms with van der Waals surface area (Å²) in [4.78, 5) is 29.5. The van der Waals surface area contributed by atoms with E-state index in [-0.39, 0.29) is 18.0 Å². The predicted molar refractivity (Wildman–Crippen MR) is 115 cm³/mol. The highest BCUT2D eigenvalue weighted by molar-refractivity contribution is 6.30. The van der Waals surface area contributed by atoms with Crippen LogP contribution in [0.3, 0.4) is 0 Å². The number of aromatic nitrogens is 5. The molecule has 4 aromatic rings. The Morgan fingerprint density at radius 1 is 1.17 bits per heavy atom. The first-order chi connectivity index (χ1) is 14.4. The number of hydrogen-bond donors (Lipinski definition) is 1. The Hall–Kier alpha value is -3.52. The van der Waals surface area contributed by atoms with Crippen molar-refractivity contribution >= 4 is 34.4 Å². The molecule has 8 nitrogen and oxygen atoms in total. The number of aryl methyl sites for hydroxylation is 1. The first-order valence-electron chi connectivity index (χ1n) is 9.31. The molecule has 0 saturated heterocycles. The molecule has 2 aromatic carbocycles. The minimum absolute atomic E-state index is 0.110. The highest BCUT2D eigenvalue weighted by Crippen LogP contribution is 2.18. The van der Waals surface area contributed by atoms with E-state index in [4.69, 9.17) is 11.6 Å². The normalized spacial score (nSPS) is 11.0. The lowest BCUT2D eigenvalue weighted by Gasteiger charge is -2.11. The Bertz CT molecular complexity index is 1310. The van der Waals surface area contributed by atoms with Crippen LogP contribution < -0.4 is 10.9 Å². The monoisotopic (exact) mass is 422 g/mol. The van der Waals surface area contributed by atoms with Crippen LogP contribution in [0, 0.1) is 13.8 Å². The number of hydrogen-bond acceptors (Lipinski definition) is 5. The quantitative estimate of drug-likeness (QED) is 0.533. The van der Waals surface area contributed by atoms with Crippen molar-refractivity contribution in [2.45, 2.75) is 26.9 Å². The Labute approximate surface area is 177 Å². The molecule has 2 heterocycles. The first kappa shape index (κ1) is 19.8. The van der Waals surface area contributed by atoms with Crippen LogP contribution in [0.15, 0.2) is 53.6 Å². The standard InChI is InChI=1S/C21H19ClN6O2/c1-13-5-3-8-17(14(13)2)24-18(29)11-27-12-23-20-19(21(27)30)25-26-28(20)10-15-6-4-7-16(22)9-15/h3-9,12H,10-11H2,1-2H3,(H,24,29). The Morgan fingerprint density at radius 3 is 2.77 bits per heavy atom. The lowest BCUT2D eigenvalue weighted by molar-refractivity contribution is -0.116. The van der Waals surface area contributed by atoms with Crippen molar-refractivity contribution < 1.29 is 4.79 Å². The van der Waals surface area contributed by atoms with E-state index in [2.05, 4.69) is 20.6 Å². The molecule has 1 amide bonds. The zero-order chi connectivity index (χ0) is 21.3. The number of rotatable bonds is 5. The molecular weight excluding hydrogens is 404 g/mol. The van der Waals surface area contributed by atoms with Gasteiger partial charge in [0.1, 0.15) is 12.9 Å². The van der Waals surface area contributed by atoms with Crippen molar-refractivity contribution in [3.63, 3.8) is 0 Å². The topological polar surface area (TPSA) is 94.7 Å². The fourth-order valence-corrected chi connectivity index (χ4v) is 3.36. The molecule has 0 spiro atoms. The van der Waals surface area contributed by atoms with Gasteiger partial charge in [0.25, 0.3) is 5.56 Å². The number of benzene rings is 2. The fourth-order valence-electron chi connectivity index (χ4n) is 3.15. The Balaban J connectivity index is 1.56. The number of nitrogens with zero attached hydrogens (tertiary/aromatic N) is 5. The molecule has 4 rings (SSSR count). The van der Waals surface area contributed by atoms with Gasteiger partial charge in [-0.25, -0.2) is 9.67 Å². The van der Waals surface area contributed by atoms with Crippen molar-refractivity contribution in [3.05, 3.63) is 80.9 Å². The second-order valence-corrected chi connectivity index (χ2v) is 7.46. The van der Waals surface area contributed by atoms with E-state index >= 15 is 0 Å². The lowest BCUT2D eigenvalue weighted by Crippen LogP contribution is -2.28. The van der Waals surface area contributed by atoms with Gasteiger partial charge in [-0.1, -0.05) is 41.1 Å². The number of amides is 1. The van der Waals surface area contributed by atoms with Gasteiger partial charge in [0.15, 0.2) is 11.2 Å². The minimum Gasteiger partial charge on any atom is -0.324 e. The van der Waals surface area contributed by atoms with Crippen molar-refractivity contribution in [1.82, 2.24) is 24.5 Å². The molecule has 0 radical (unpaired) electrons. The van der Waals surface area contributed by atoms with Crippen LogP contribution in [0.1, 0.15) is 16.7 Å². The van der Waals surface area contributed by atoms with E-state index in [0.717, 1.165) is 22.4 Å². The average Bonchev–Trinajstić information content (AvgIpc) is 3.11. The smallest absolute Gasteiger partial charge is 0.283 e. The summed E-state index contributed by atoms with van der Waals surface area (Å²) >= 11 is 6.02. The molecule has 0 unspecified atom stereocenters. The number of fused-ring (bicyclic) bond motifs is 1. The largest absolute Gasteiger partial charge is 0.324 e. The maximum atomic E-state index is 12.8. The highest BCUT2D eigenvalue weighted by atomic mass is 35.5. The summed E-state index contributed by atoms with van der Waals surface area (Å²) in [6.07, 6.45) is 1.34. The van der Waals surface area contributed by atoms with Crippen molar-refractivity contribution in [2.75, 3.05) is 5.32 Å². The Kier molecular flexibility index (Phi) is 5.33. The van der Waals surface area contributed by atoms with Crippen molar-refractivity contribution in [3.8, 4) is 0 Å². The number of carbonyl (C=O) groups excluding carboxylic acids is 1. The Morgan fingerprint density at radius 2 is 1.97 bits per heavy atom. The van der Waals surface area contributed by atoms with Crippen molar-refractivity contribution in [2.24, 2.45) is 0 Å². The van der Waals surface area contributed by atoms with Crippen LogP contribution >= 0.6 is 11.6 Å². The zero-order valence-electron chi connectivity index (χ0n) is 16.5. The predicted octanol–water partition coefficient (Wildman–Crippen LogP) is 2.95. The van der Waals surface area contributed by atoms with E-state index in [1.807, 2.05) is 50.2 Å². The summed E-state index contributed by atoms with van der Waals surface area (Å²) in [5, 5.41) is 11.5. The molecule has 0 saturated carbocycles. The third kappa shape index (κ3) is 3.95. The van der Waals surface area contributed by atoms with Gasteiger partial charge in [-0.2, -0.15) is 0 Å². The molecule has 0 aliphatic rings. The molecule has 0 aliphatic carbocycles. The van der Waals surface area contributed by atoms with E-state index < -0.39 is 5.56 Å². The minimum atomic E-state index is -0.423. The average molecular weight is 423 g/mol. The van der Waals surface area contributed by atoms with E-state index in [9.17, 15) is 9.59 Å². The van der Waals surface area contributed by atoms with Gasteiger partial charge in [-0.3, -0.25) is 14.2 Å². The summed E-state index contributed by atoms with van der Waals surface area (Å²) in [6, 6.07) is 13.0. The van der Waals surface area contributed by atoms with Crippen molar-refractivity contribution in [1.29, 1.82) is 0 Å². The summed E-state index contributed by atoms with van der Waals surface area (Å²) in [5.41, 5.74) is 3.72. The molecule has 152 valence electrons. The van der Waals surface area contributed by atoms with Crippen LogP contribution in [-0.2, 0) is 17.9 Å². The van der Waals surface area contributed by atoms with Gasteiger partial charge in [0, 0.05) is 10.7 Å². The van der Waals surface area contributed by atoms with Crippen LogP contribution in [-0.4, -0.2) is 30.5 Å². The van der Waals surface area contributed by atoms with Gasteiger partial charge >= 0.3 is 0 Å². The summed E-state index contributed by atoms with van der Waals surface area (Å²) in [5.74, 6) is -0.321. The third-order valence-corrected chi connectivity index (χ3v) is 5.14. The van der Waals surface area contributed by atoms with Crippen LogP contribution in [0.25, 0.3) is 11.2 Å². The molecule has 2 aromatic heterocycles. The molecule has 30 heavy (non-hydrogen) atoms. The molecule has 0 fully saturated rings. The lowest BCUT2D eigenvalue weighted by atomic mass is 10.1. The summed E-state index contributed by atoms with van der Waals surface area (Å²) in [6.45, 7) is 4.11. The van der Waals surface area contributed by atoms with E-state index in [0.29, 0.717) is 17.2 Å². The maximum absolute atomic E-state index is 12.8. The number of halogens is 1. The van der Waals surface area contributed by atoms with Gasteiger partial charge < -0.3 is 5.32 Å². The fraction of sp³-hybridized carbons (Fsp3) is 0.190. The number of nitrogens with one attached hydrogen (secondary N) is 1. The third-order valence-electron chi connectivity index (χ3n) is 4.91. The van der Waals surface area contributed by atoms with Crippen LogP contribution in [0.5, 0.6) is 0 Å². The second-order valence-electron chi connectivity index (χ2n) is 7.02. The van der Waals surface area contributed by atoms with E-state index in [1.54, 1.807) is 6.07 Å². The maximum Gasteiger partial charge on any atom is 0.283 e. The summed E-state index contributed by atoms with van der Waals surface area (Å²) < 4.78 is 2.75. The molecule has 1 N–H and O–H groups in total. The van der Waals surface area contributed by atoms with Crippen LogP contribution in [0.4, 0.5) is 5.69 Å². The van der Waals surface area contributed by atoms with Crippen LogP contribution in [0.2, 0.25) is 5.02 Å². The van der Waals surface area contributed by atoms with Gasteiger partial charge in [0.05, 0.1) is 6.54 Å². The SMILES string of the molecule is Cc1cccc(NC(=O)Cn2cnc3c(nnn3Cc3cccc(Cl)c3)c2=O)c1C. The molecule has 9 heteroatoms. The van der Waals surface area contributed by atoms with Gasteiger partial charge in [-0.05, 0) is 48.7 Å². The number of anilines is 1. The zero-order valence-corrected chi connectivity index (χ0v) is 17.2. The first-order valence-corrected chi connectivity index (χ1v) is 9.69.